The smallest absolute Gasteiger partial charge is 0.326 e. The van der Waals surface area contributed by atoms with Crippen LogP contribution in [0.3, 0.4) is 0 Å². The second-order valence-corrected chi connectivity index (χ2v) is 6.79. The summed E-state index contributed by atoms with van der Waals surface area (Å²) in [6, 6.07) is 1.01. The van der Waals surface area contributed by atoms with Gasteiger partial charge in [0.25, 0.3) is 11.4 Å². The molecule has 30 heavy (non-hydrogen) atoms. The fourth-order valence-electron chi connectivity index (χ4n) is 2.85. The van der Waals surface area contributed by atoms with Gasteiger partial charge in [0.2, 0.25) is 5.91 Å². The van der Waals surface area contributed by atoms with E-state index in [1.165, 1.54) is 30.1 Å². The average molecular weight is 420 g/mol. The van der Waals surface area contributed by atoms with Gasteiger partial charge in [-0.3, -0.25) is 29.6 Å². The van der Waals surface area contributed by atoms with E-state index >= 15 is 0 Å². The van der Waals surface area contributed by atoms with Crippen LogP contribution in [0.25, 0.3) is 5.69 Å². The second kappa shape index (κ2) is 9.09. The second-order valence-electron chi connectivity index (χ2n) is 6.79. The van der Waals surface area contributed by atoms with E-state index in [9.17, 15) is 34.9 Å². The molecule has 160 valence electrons. The SMILES string of the molecule is CC(=O)N[C@@H](Cc1cn(-c2cc(CN(C)C)c([N+](=O)[O-])cc2[N+](=O)[O-])cn1)C(=O)O. The Morgan fingerprint density at radius 2 is 1.87 bits per heavy atom. The average Bonchev–Trinajstić information content (AvgIpc) is 3.07. The van der Waals surface area contributed by atoms with Crippen LogP contribution in [0.2, 0.25) is 0 Å². The van der Waals surface area contributed by atoms with Crippen LogP contribution >= 0.6 is 0 Å². The Morgan fingerprint density at radius 1 is 1.23 bits per heavy atom. The molecule has 2 rings (SSSR count). The molecule has 1 aromatic carbocycles. The lowest BCUT2D eigenvalue weighted by molar-refractivity contribution is -0.394. The number of hydrogen-bond donors (Lipinski definition) is 2. The predicted octanol–water partition coefficient (Wildman–Crippen LogP) is 0.882. The molecule has 1 heterocycles. The molecule has 0 radical (unpaired) electrons. The molecule has 0 aliphatic rings. The number of aromatic nitrogens is 2. The lowest BCUT2D eigenvalue weighted by Crippen LogP contribution is -2.41. The quantitative estimate of drug-likeness (QED) is 0.441. The summed E-state index contributed by atoms with van der Waals surface area (Å²) in [4.78, 5) is 49.7. The molecule has 0 saturated carbocycles. The summed E-state index contributed by atoms with van der Waals surface area (Å²) in [5.41, 5.74) is -0.297. The Balaban J connectivity index is 2.50. The maximum absolute atomic E-state index is 11.5. The van der Waals surface area contributed by atoms with Crippen LogP contribution in [-0.4, -0.2) is 61.4 Å². The number of nitrogens with one attached hydrogen (secondary N) is 1. The van der Waals surface area contributed by atoms with Crippen LogP contribution in [0.15, 0.2) is 24.7 Å². The van der Waals surface area contributed by atoms with Crippen LogP contribution in [0.4, 0.5) is 11.4 Å². The minimum Gasteiger partial charge on any atom is -0.480 e. The van der Waals surface area contributed by atoms with Crippen LogP contribution in [0.5, 0.6) is 0 Å². The first kappa shape index (κ1) is 22.4. The third-order valence-electron chi connectivity index (χ3n) is 4.06. The standard InChI is InChI=1S/C17H20N6O7/c1-10(24)19-13(17(25)26)5-12-8-21(9-18-12)15-4-11(7-20(2)3)14(22(27)28)6-16(15)23(29)30/h4,6,8-9,13H,5,7H2,1-3H3,(H,19,24)(H,25,26)/t13-/m0/s1. The summed E-state index contributed by atoms with van der Waals surface area (Å²) in [7, 11) is 3.41. The van der Waals surface area contributed by atoms with E-state index in [4.69, 9.17) is 0 Å². The molecule has 2 aromatic rings. The number of aliphatic carboxylic acids is 1. The van der Waals surface area contributed by atoms with Gasteiger partial charge < -0.3 is 15.3 Å². The zero-order valence-corrected chi connectivity index (χ0v) is 16.4. The molecule has 1 atom stereocenters. The van der Waals surface area contributed by atoms with E-state index in [2.05, 4.69) is 10.3 Å². The van der Waals surface area contributed by atoms with Crippen molar-refractivity contribution in [2.75, 3.05) is 14.1 Å². The first-order valence-corrected chi connectivity index (χ1v) is 8.63. The van der Waals surface area contributed by atoms with Gasteiger partial charge in [-0.15, -0.1) is 0 Å². The first-order chi connectivity index (χ1) is 14.0. The zero-order chi connectivity index (χ0) is 22.6. The van der Waals surface area contributed by atoms with Crippen molar-refractivity contribution in [3.05, 3.63) is 56.1 Å². The molecular weight excluding hydrogens is 400 g/mol. The van der Waals surface area contributed by atoms with Gasteiger partial charge in [0.05, 0.1) is 27.9 Å². The highest BCUT2D eigenvalue weighted by Gasteiger charge is 2.26. The van der Waals surface area contributed by atoms with E-state index in [-0.39, 0.29) is 35.6 Å². The number of nitrogens with zero attached hydrogens (tertiary/aromatic N) is 5. The molecule has 0 unspecified atom stereocenters. The van der Waals surface area contributed by atoms with Gasteiger partial charge in [0.1, 0.15) is 11.7 Å². The predicted molar refractivity (Wildman–Crippen MR) is 103 cm³/mol. The Hall–Kier alpha value is -3.87. The van der Waals surface area contributed by atoms with E-state index in [0.29, 0.717) is 0 Å². The fourth-order valence-corrected chi connectivity index (χ4v) is 2.85. The lowest BCUT2D eigenvalue weighted by atomic mass is 10.1. The van der Waals surface area contributed by atoms with Gasteiger partial charge in [0.15, 0.2) is 0 Å². The van der Waals surface area contributed by atoms with Crippen molar-refractivity contribution in [1.82, 2.24) is 19.8 Å². The maximum atomic E-state index is 11.5. The number of rotatable bonds is 9. The van der Waals surface area contributed by atoms with Gasteiger partial charge in [-0.25, -0.2) is 9.78 Å². The van der Waals surface area contributed by atoms with Crippen LogP contribution in [-0.2, 0) is 22.6 Å². The minimum atomic E-state index is -1.26. The van der Waals surface area contributed by atoms with Crippen molar-refractivity contribution < 1.29 is 24.5 Å². The van der Waals surface area contributed by atoms with E-state index < -0.39 is 33.5 Å². The molecule has 0 spiro atoms. The van der Waals surface area contributed by atoms with Crippen molar-refractivity contribution in [1.29, 1.82) is 0 Å². The molecule has 0 bridgehead atoms. The number of hydrogen-bond acceptors (Lipinski definition) is 8. The minimum absolute atomic E-state index is 0.0487. The molecule has 1 amide bonds. The van der Waals surface area contributed by atoms with E-state index in [1.807, 2.05) is 0 Å². The van der Waals surface area contributed by atoms with Crippen LogP contribution < -0.4 is 5.32 Å². The Kier molecular flexibility index (Phi) is 6.79. The molecule has 0 fully saturated rings. The van der Waals surface area contributed by atoms with Gasteiger partial charge in [0, 0.05) is 31.6 Å². The molecular formula is C17H20N6O7. The van der Waals surface area contributed by atoms with Crippen molar-refractivity contribution in [3.8, 4) is 5.69 Å². The Morgan fingerprint density at radius 3 is 2.37 bits per heavy atom. The summed E-state index contributed by atoms with van der Waals surface area (Å²) in [5.74, 6) is -1.78. The number of carbonyl (C=O) groups excluding carboxylic acids is 1. The molecule has 13 heteroatoms. The summed E-state index contributed by atoms with van der Waals surface area (Å²) in [6.45, 7) is 1.35. The van der Waals surface area contributed by atoms with Gasteiger partial charge in [-0.2, -0.15) is 0 Å². The topological polar surface area (TPSA) is 174 Å². The third-order valence-corrected chi connectivity index (χ3v) is 4.06. The Bertz CT molecular complexity index is 1000. The molecule has 2 N–H and O–H groups in total. The third kappa shape index (κ3) is 5.35. The number of nitro benzene ring substituents is 2. The normalized spacial score (nSPS) is 11.9. The molecule has 0 saturated heterocycles. The highest BCUT2D eigenvalue weighted by atomic mass is 16.6. The van der Waals surface area contributed by atoms with E-state index in [1.54, 1.807) is 19.0 Å². The van der Waals surface area contributed by atoms with Crippen molar-refractivity contribution in [3.63, 3.8) is 0 Å². The summed E-state index contributed by atoms with van der Waals surface area (Å²) in [6.07, 6.45) is 2.48. The van der Waals surface area contributed by atoms with Crippen LogP contribution in [0.1, 0.15) is 18.2 Å². The van der Waals surface area contributed by atoms with Gasteiger partial charge in [-0.05, 0) is 20.2 Å². The molecule has 0 aliphatic carbocycles. The van der Waals surface area contributed by atoms with Gasteiger partial charge in [-0.1, -0.05) is 0 Å². The highest BCUT2D eigenvalue weighted by molar-refractivity contribution is 5.82. The summed E-state index contributed by atoms with van der Waals surface area (Å²) >= 11 is 0. The number of imidazole rings is 1. The molecule has 0 aliphatic heterocycles. The maximum Gasteiger partial charge on any atom is 0.326 e. The molecule has 13 nitrogen and oxygen atoms in total. The lowest BCUT2D eigenvalue weighted by Gasteiger charge is -2.12. The van der Waals surface area contributed by atoms with Crippen LogP contribution in [0, 0.1) is 20.2 Å². The van der Waals surface area contributed by atoms with Crippen molar-refractivity contribution >= 4 is 23.3 Å². The first-order valence-electron chi connectivity index (χ1n) is 8.63. The summed E-state index contributed by atoms with van der Waals surface area (Å²) < 4.78 is 1.29. The molecule has 1 aromatic heterocycles. The van der Waals surface area contributed by atoms with Crippen molar-refractivity contribution in [2.24, 2.45) is 0 Å². The summed E-state index contributed by atoms with van der Waals surface area (Å²) in [5, 5.41) is 34.4. The van der Waals surface area contributed by atoms with E-state index in [0.717, 1.165) is 6.07 Å². The number of carboxylic acids is 1. The zero-order valence-electron chi connectivity index (χ0n) is 16.4. The monoisotopic (exact) mass is 420 g/mol. The fraction of sp³-hybridized carbons (Fsp3) is 0.353. The number of amides is 1. The number of benzene rings is 1. The Labute approximate surface area is 170 Å². The highest BCUT2D eigenvalue weighted by Crippen LogP contribution is 2.32. The van der Waals surface area contributed by atoms with Gasteiger partial charge >= 0.3 is 5.97 Å². The number of carboxylic acid groups (broad SMARTS) is 1. The number of nitro groups is 2. The largest absolute Gasteiger partial charge is 0.480 e. The van der Waals surface area contributed by atoms with Crippen molar-refractivity contribution in [2.45, 2.75) is 25.9 Å². The number of carbonyl (C=O) groups is 2.